The molecule has 2 aliphatic rings. The lowest BCUT2D eigenvalue weighted by molar-refractivity contribution is -0.165. The Kier molecular flexibility index (Phi) is 5.10. The van der Waals surface area contributed by atoms with E-state index >= 15 is 0 Å². The van der Waals surface area contributed by atoms with Crippen molar-refractivity contribution >= 4 is 0 Å². The van der Waals surface area contributed by atoms with Crippen LogP contribution in [0.25, 0.3) is 0 Å². The molecule has 0 spiro atoms. The lowest BCUT2D eigenvalue weighted by Crippen LogP contribution is -2.40. The minimum absolute atomic E-state index is 0.00467. The average molecular weight is 308 g/mol. The highest BCUT2D eigenvalue weighted by Gasteiger charge is 2.28. The third kappa shape index (κ3) is 3.34. The molecule has 0 radical (unpaired) electrons. The molecule has 22 heavy (non-hydrogen) atoms. The molecule has 0 amide bonds. The monoisotopic (exact) mass is 308 g/mol. The fraction of sp³-hybridized carbons (Fsp3) is 0.875. The molecular weight excluding hydrogens is 280 g/mol. The molecule has 1 saturated heterocycles. The first-order valence-corrected chi connectivity index (χ1v) is 8.57. The molecule has 0 N–H and O–H groups in total. The second-order valence-corrected chi connectivity index (χ2v) is 6.60. The Morgan fingerprint density at radius 1 is 1.27 bits per heavy atom. The van der Waals surface area contributed by atoms with Gasteiger partial charge in [-0.2, -0.15) is 0 Å². The molecule has 3 heterocycles. The van der Waals surface area contributed by atoms with Crippen LogP contribution in [-0.2, 0) is 16.0 Å². The summed E-state index contributed by atoms with van der Waals surface area (Å²) in [5, 5.41) is 8.78. The van der Waals surface area contributed by atoms with Crippen molar-refractivity contribution < 1.29 is 9.47 Å². The smallest absolute Gasteiger partial charge is 0.157 e. The zero-order chi connectivity index (χ0) is 15.5. The molecule has 6 heteroatoms. The summed E-state index contributed by atoms with van der Waals surface area (Å²) in [5.41, 5.74) is 0. The van der Waals surface area contributed by atoms with Crippen LogP contribution in [0.4, 0.5) is 0 Å². The highest BCUT2D eigenvalue weighted by molar-refractivity contribution is 5.06. The van der Waals surface area contributed by atoms with Crippen molar-refractivity contribution in [2.75, 3.05) is 26.3 Å². The van der Waals surface area contributed by atoms with E-state index in [4.69, 9.17) is 9.47 Å². The number of ether oxygens (including phenoxy) is 2. The molecule has 6 nitrogen and oxygen atoms in total. The second-order valence-electron chi connectivity index (χ2n) is 6.60. The summed E-state index contributed by atoms with van der Waals surface area (Å²) < 4.78 is 13.8. The third-order valence-corrected chi connectivity index (χ3v) is 4.68. The fourth-order valence-corrected chi connectivity index (χ4v) is 3.33. The number of nitrogens with zero attached hydrogens (tertiary/aromatic N) is 4. The summed E-state index contributed by atoms with van der Waals surface area (Å²) in [6, 6.07) is 0.296. The molecule has 2 atom stereocenters. The lowest BCUT2D eigenvalue weighted by Gasteiger charge is -2.34. The molecule has 0 saturated carbocycles. The summed E-state index contributed by atoms with van der Waals surface area (Å²) in [7, 11) is 0. The standard InChI is InChI=1S/C16H28N4O2/c1-12(2)15-17-18-16-13(3)19(7-8-20(15)16)9-11-22-14-6-4-5-10-21-14/h12-14H,4-11H2,1-3H3/t13-,14+/m1/s1. The van der Waals surface area contributed by atoms with Gasteiger partial charge in [0.15, 0.2) is 6.29 Å². The van der Waals surface area contributed by atoms with Crippen LogP contribution in [0.5, 0.6) is 0 Å². The normalized spacial score (nSPS) is 26.4. The van der Waals surface area contributed by atoms with Crippen LogP contribution < -0.4 is 0 Å². The van der Waals surface area contributed by atoms with Crippen LogP contribution in [0.3, 0.4) is 0 Å². The van der Waals surface area contributed by atoms with Crippen molar-refractivity contribution in [2.24, 2.45) is 0 Å². The van der Waals surface area contributed by atoms with Crippen LogP contribution in [-0.4, -0.2) is 52.3 Å². The Bertz CT molecular complexity index is 482. The SMILES string of the molecule is CC(C)c1nnc2n1CCN(CCO[C@H]1CCCCO1)[C@@H]2C. The summed E-state index contributed by atoms with van der Waals surface area (Å²) in [5.74, 6) is 2.61. The lowest BCUT2D eigenvalue weighted by atomic mass is 10.1. The van der Waals surface area contributed by atoms with Gasteiger partial charge in [-0.1, -0.05) is 13.8 Å². The van der Waals surface area contributed by atoms with Crippen LogP contribution in [0.2, 0.25) is 0 Å². The molecule has 2 aliphatic heterocycles. The summed E-state index contributed by atoms with van der Waals surface area (Å²) in [6.07, 6.45) is 3.41. The summed E-state index contributed by atoms with van der Waals surface area (Å²) >= 11 is 0. The topological polar surface area (TPSA) is 52.4 Å². The Balaban J connectivity index is 1.53. The van der Waals surface area contributed by atoms with Gasteiger partial charge in [0, 0.05) is 32.2 Å². The quantitative estimate of drug-likeness (QED) is 0.835. The maximum absolute atomic E-state index is 5.86. The zero-order valence-electron chi connectivity index (χ0n) is 14.0. The van der Waals surface area contributed by atoms with Crippen LogP contribution in [0.15, 0.2) is 0 Å². The maximum atomic E-state index is 5.86. The first-order chi connectivity index (χ1) is 10.7. The van der Waals surface area contributed by atoms with Crippen molar-refractivity contribution in [1.82, 2.24) is 19.7 Å². The minimum atomic E-state index is 0.00467. The predicted octanol–water partition coefficient (Wildman–Crippen LogP) is 2.32. The molecule has 1 aromatic heterocycles. The van der Waals surface area contributed by atoms with Gasteiger partial charge in [-0.15, -0.1) is 10.2 Å². The van der Waals surface area contributed by atoms with Gasteiger partial charge >= 0.3 is 0 Å². The maximum Gasteiger partial charge on any atom is 0.157 e. The number of aromatic nitrogens is 3. The second kappa shape index (κ2) is 7.06. The van der Waals surface area contributed by atoms with E-state index in [0.29, 0.717) is 12.0 Å². The molecule has 124 valence electrons. The molecule has 0 aliphatic carbocycles. The number of fused-ring (bicyclic) bond motifs is 1. The highest BCUT2D eigenvalue weighted by atomic mass is 16.7. The van der Waals surface area contributed by atoms with Crippen molar-refractivity contribution in [2.45, 2.75) is 64.8 Å². The van der Waals surface area contributed by atoms with Gasteiger partial charge in [-0.25, -0.2) is 0 Å². The van der Waals surface area contributed by atoms with Gasteiger partial charge in [-0.05, 0) is 26.2 Å². The minimum Gasteiger partial charge on any atom is -0.353 e. The fourth-order valence-electron chi connectivity index (χ4n) is 3.33. The van der Waals surface area contributed by atoms with Crippen molar-refractivity contribution in [1.29, 1.82) is 0 Å². The van der Waals surface area contributed by atoms with Crippen molar-refractivity contribution in [3.63, 3.8) is 0 Å². The van der Waals surface area contributed by atoms with Crippen molar-refractivity contribution in [3.05, 3.63) is 11.6 Å². The molecule has 1 aromatic rings. The summed E-state index contributed by atoms with van der Waals surface area (Å²) in [6.45, 7) is 11.0. The van der Waals surface area contributed by atoms with E-state index < -0.39 is 0 Å². The molecule has 0 aromatic carbocycles. The summed E-state index contributed by atoms with van der Waals surface area (Å²) in [4.78, 5) is 2.43. The van der Waals surface area contributed by atoms with E-state index in [2.05, 4.69) is 40.4 Å². The Morgan fingerprint density at radius 3 is 2.86 bits per heavy atom. The van der Waals surface area contributed by atoms with E-state index in [1.807, 2.05) is 0 Å². The number of hydrogen-bond donors (Lipinski definition) is 0. The Hall–Kier alpha value is -0.980. The predicted molar refractivity (Wildman–Crippen MR) is 83.6 cm³/mol. The van der Waals surface area contributed by atoms with Gasteiger partial charge in [0.25, 0.3) is 0 Å². The number of hydrogen-bond acceptors (Lipinski definition) is 5. The van der Waals surface area contributed by atoms with Crippen molar-refractivity contribution in [3.8, 4) is 0 Å². The van der Waals surface area contributed by atoms with Crippen LogP contribution in [0, 0.1) is 0 Å². The molecular formula is C16H28N4O2. The first-order valence-electron chi connectivity index (χ1n) is 8.57. The third-order valence-electron chi connectivity index (χ3n) is 4.68. The number of rotatable bonds is 5. The Morgan fingerprint density at radius 2 is 2.14 bits per heavy atom. The molecule has 3 rings (SSSR count). The Labute approximate surface area is 132 Å². The van der Waals surface area contributed by atoms with E-state index in [0.717, 1.165) is 57.3 Å². The van der Waals surface area contributed by atoms with Gasteiger partial charge < -0.3 is 14.0 Å². The van der Waals surface area contributed by atoms with Gasteiger partial charge in [0.05, 0.1) is 12.6 Å². The highest BCUT2D eigenvalue weighted by Crippen LogP contribution is 2.26. The first kappa shape index (κ1) is 15.9. The average Bonchev–Trinajstić information content (AvgIpc) is 2.95. The van der Waals surface area contributed by atoms with Gasteiger partial charge in [0.2, 0.25) is 0 Å². The van der Waals surface area contributed by atoms with E-state index in [9.17, 15) is 0 Å². The van der Waals surface area contributed by atoms with E-state index in [-0.39, 0.29) is 6.29 Å². The van der Waals surface area contributed by atoms with E-state index in [1.54, 1.807) is 0 Å². The molecule has 0 unspecified atom stereocenters. The van der Waals surface area contributed by atoms with E-state index in [1.165, 1.54) is 6.42 Å². The molecule has 1 fully saturated rings. The van der Waals surface area contributed by atoms with Crippen LogP contribution >= 0.6 is 0 Å². The van der Waals surface area contributed by atoms with Gasteiger partial charge in [0.1, 0.15) is 11.6 Å². The van der Waals surface area contributed by atoms with Gasteiger partial charge in [-0.3, -0.25) is 4.90 Å². The largest absolute Gasteiger partial charge is 0.353 e. The van der Waals surface area contributed by atoms with Crippen LogP contribution in [0.1, 0.15) is 63.6 Å². The zero-order valence-corrected chi connectivity index (χ0v) is 14.0. The molecule has 0 bridgehead atoms.